The molecule has 1 aromatic carbocycles. The molecular formula is C19H22ClN3O4. The molecule has 0 bridgehead atoms. The number of hydrogen-bond donors (Lipinski definition) is 1. The van der Waals surface area contributed by atoms with Gasteiger partial charge in [0.1, 0.15) is 0 Å². The largest absolute Gasteiger partial charge is 0.453 e. The van der Waals surface area contributed by atoms with E-state index in [-0.39, 0.29) is 18.0 Å². The summed E-state index contributed by atoms with van der Waals surface area (Å²) in [6.45, 7) is 1.17. The van der Waals surface area contributed by atoms with Crippen LogP contribution in [0.5, 0.6) is 0 Å². The van der Waals surface area contributed by atoms with Crippen molar-refractivity contribution in [3.8, 4) is 11.3 Å². The van der Waals surface area contributed by atoms with Crippen LogP contribution in [0, 0.1) is 0 Å². The molecule has 0 spiro atoms. The Morgan fingerprint density at radius 3 is 2.67 bits per heavy atom. The highest BCUT2D eigenvalue weighted by Crippen LogP contribution is 2.22. The zero-order valence-corrected chi connectivity index (χ0v) is 15.9. The molecule has 0 aliphatic carbocycles. The number of aromatic nitrogens is 1. The summed E-state index contributed by atoms with van der Waals surface area (Å²) in [4.78, 5) is 29.5. The van der Waals surface area contributed by atoms with Crippen molar-refractivity contribution in [2.24, 2.45) is 0 Å². The average Bonchev–Trinajstić information content (AvgIpc) is 3.16. The highest BCUT2D eigenvalue weighted by atomic mass is 35.5. The van der Waals surface area contributed by atoms with E-state index in [4.69, 9.17) is 20.8 Å². The highest BCUT2D eigenvalue weighted by molar-refractivity contribution is 6.30. The molecule has 144 valence electrons. The van der Waals surface area contributed by atoms with Gasteiger partial charge in [-0.05, 0) is 37.1 Å². The number of ether oxygens (including phenoxy) is 1. The fourth-order valence-corrected chi connectivity index (χ4v) is 3.16. The number of amides is 2. The molecule has 0 atom stereocenters. The molecule has 2 aromatic rings. The summed E-state index contributed by atoms with van der Waals surface area (Å²) in [6.07, 6.45) is 3.51. The number of carbonyl (C=O) groups excluding carboxylic acids is 2. The smallest absolute Gasteiger partial charge is 0.409 e. The van der Waals surface area contributed by atoms with Gasteiger partial charge in [0.15, 0.2) is 11.7 Å². The molecule has 1 aromatic heterocycles. The zero-order valence-electron chi connectivity index (χ0n) is 15.1. The molecule has 1 fully saturated rings. The molecule has 3 rings (SSSR count). The summed E-state index contributed by atoms with van der Waals surface area (Å²) < 4.78 is 10.4. The van der Waals surface area contributed by atoms with Crippen LogP contribution in [0.25, 0.3) is 11.3 Å². The first-order chi connectivity index (χ1) is 13.0. The molecule has 1 aliphatic rings. The van der Waals surface area contributed by atoms with Gasteiger partial charge in [-0.25, -0.2) is 9.78 Å². The van der Waals surface area contributed by atoms with E-state index in [9.17, 15) is 9.59 Å². The normalized spacial score (nSPS) is 14.8. The summed E-state index contributed by atoms with van der Waals surface area (Å²) in [5, 5.41) is 3.67. The Balaban J connectivity index is 1.43. The number of methoxy groups -OCH3 is 1. The number of nitrogens with zero attached hydrogens (tertiary/aromatic N) is 2. The zero-order chi connectivity index (χ0) is 19.2. The van der Waals surface area contributed by atoms with Crippen LogP contribution in [-0.2, 0) is 16.0 Å². The van der Waals surface area contributed by atoms with Crippen LogP contribution in [0.15, 0.2) is 34.9 Å². The molecular weight excluding hydrogens is 370 g/mol. The van der Waals surface area contributed by atoms with Crippen LogP contribution < -0.4 is 5.32 Å². The molecule has 2 amide bonds. The fraction of sp³-hybridized carbons (Fsp3) is 0.421. The van der Waals surface area contributed by atoms with Crippen LogP contribution in [0.2, 0.25) is 5.02 Å². The fourth-order valence-electron chi connectivity index (χ4n) is 3.03. The van der Waals surface area contributed by atoms with Gasteiger partial charge in [0, 0.05) is 42.6 Å². The first-order valence-electron chi connectivity index (χ1n) is 8.88. The van der Waals surface area contributed by atoms with Crippen molar-refractivity contribution in [2.45, 2.75) is 31.7 Å². The summed E-state index contributed by atoms with van der Waals surface area (Å²) in [5.74, 6) is 1.13. The number of benzene rings is 1. The number of oxazole rings is 1. The minimum absolute atomic E-state index is 0.0437. The van der Waals surface area contributed by atoms with E-state index in [0.29, 0.717) is 42.6 Å². The van der Waals surface area contributed by atoms with Crippen LogP contribution in [0.1, 0.15) is 25.2 Å². The molecule has 8 heteroatoms. The van der Waals surface area contributed by atoms with Crippen LogP contribution in [0.4, 0.5) is 4.79 Å². The van der Waals surface area contributed by atoms with Gasteiger partial charge in [0.2, 0.25) is 5.91 Å². The van der Waals surface area contributed by atoms with Gasteiger partial charge < -0.3 is 19.4 Å². The molecule has 0 unspecified atom stereocenters. The Morgan fingerprint density at radius 2 is 2.00 bits per heavy atom. The Kier molecular flexibility index (Phi) is 6.34. The third kappa shape index (κ3) is 5.23. The lowest BCUT2D eigenvalue weighted by Crippen LogP contribution is -2.46. The lowest BCUT2D eigenvalue weighted by atomic mass is 10.1. The molecule has 1 aliphatic heterocycles. The van der Waals surface area contributed by atoms with Crippen molar-refractivity contribution < 1.29 is 18.7 Å². The number of rotatable bonds is 5. The lowest BCUT2D eigenvalue weighted by Gasteiger charge is -2.31. The first kappa shape index (κ1) is 19.2. The molecule has 0 saturated carbocycles. The van der Waals surface area contributed by atoms with E-state index in [1.54, 1.807) is 23.2 Å². The van der Waals surface area contributed by atoms with E-state index in [0.717, 1.165) is 18.4 Å². The number of piperidine rings is 1. The van der Waals surface area contributed by atoms with Crippen molar-refractivity contribution in [3.63, 3.8) is 0 Å². The quantitative estimate of drug-likeness (QED) is 0.845. The third-order valence-corrected chi connectivity index (χ3v) is 4.79. The molecule has 0 radical (unpaired) electrons. The molecule has 1 saturated heterocycles. The average molecular weight is 392 g/mol. The van der Waals surface area contributed by atoms with Crippen LogP contribution in [-0.4, -0.2) is 48.1 Å². The van der Waals surface area contributed by atoms with Crippen LogP contribution in [0.3, 0.4) is 0 Å². The predicted octanol–water partition coefficient (Wildman–Crippen LogP) is 3.27. The topological polar surface area (TPSA) is 84.7 Å². The number of aryl methyl sites for hydroxylation is 1. The van der Waals surface area contributed by atoms with Gasteiger partial charge in [0.05, 0.1) is 13.3 Å². The number of likely N-dealkylation sites (tertiary alicyclic amines) is 1. The number of nitrogens with one attached hydrogen (secondary N) is 1. The van der Waals surface area contributed by atoms with Gasteiger partial charge >= 0.3 is 6.09 Å². The standard InChI is InChI=1S/C19H22ClN3O4/c1-26-19(25)23-10-8-15(9-11-23)22-17(24)6-7-18-21-12-16(27-18)13-2-4-14(20)5-3-13/h2-5,12,15H,6-11H2,1H3,(H,22,24). The predicted molar refractivity (Wildman–Crippen MR) is 100 cm³/mol. The Hall–Kier alpha value is -2.54. The maximum Gasteiger partial charge on any atom is 0.409 e. The van der Waals surface area contributed by atoms with Gasteiger partial charge in [-0.1, -0.05) is 11.6 Å². The van der Waals surface area contributed by atoms with Gasteiger partial charge in [-0.15, -0.1) is 0 Å². The summed E-state index contributed by atoms with van der Waals surface area (Å²) in [7, 11) is 1.37. The summed E-state index contributed by atoms with van der Waals surface area (Å²) in [6, 6.07) is 7.38. The second-order valence-corrected chi connectivity index (χ2v) is 6.86. The van der Waals surface area contributed by atoms with Gasteiger partial charge in [-0.2, -0.15) is 0 Å². The van der Waals surface area contributed by atoms with Crippen molar-refractivity contribution in [1.82, 2.24) is 15.2 Å². The van der Waals surface area contributed by atoms with Gasteiger partial charge in [0.25, 0.3) is 0 Å². The monoisotopic (exact) mass is 391 g/mol. The Morgan fingerprint density at radius 1 is 1.30 bits per heavy atom. The van der Waals surface area contributed by atoms with E-state index >= 15 is 0 Å². The minimum atomic E-state index is -0.319. The third-order valence-electron chi connectivity index (χ3n) is 4.54. The Labute approximate surface area is 162 Å². The maximum absolute atomic E-state index is 12.2. The number of halogens is 1. The van der Waals surface area contributed by atoms with Crippen molar-refractivity contribution >= 4 is 23.6 Å². The maximum atomic E-state index is 12.2. The van der Waals surface area contributed by atoms with Gasteiger partial charge in [-0.3, -0.25) is 4.79 Å². The van der Waals surface area contributed by atoms with Crippen molar-refractivity contribution in [3.05, 3.63) is 41.4 Å². The SMILES string of the molecule is COC(=O)N1CCC(NC(=O)CCc2ncc(-c3ccc(Cl)cc3)o2)CC1. The molecule has 2 heterocycles. The summed E-state index contributed by atoms with van der Waals surface area (Å²) >= 11 is 5.88. The lowest BCUT2D eigenvalue weighted by molar-refractivity contribution is -0.122. The molecule has 7 nitrogen and oxygen atoms in total. The second-order valence-electron chi connectivity index (χ2n) is 6.42. The van der Waals surface area contributed by atoms with Crippen molar-refractivity contribution in [1.29, 1.82) is 0 Å². The number of carbonyl (C=O) groups is 2. The van der Waals surface area contributed by atoms with E-state index in [2.05, 4.69) is 10.3 Å². The minimum Gasteiger partial charge on any atom is -0.453 e. The van der Waals surface area contributed by atoms with E-state index in [1.165, 1.54) is 7.11 Å². The highest BCUT2D eigenvalue weighted by Gasteiger charge is 2.24. The number of hydrogen-bond acceptors (Lipinski definition) is 5. The Bertz CT molecular complexity index is 783. The van der Waals surface area contributed by atoms with Crippen molar-refractivity contribution in [2.75, 3.05) is 20.2 Å². The second kappa shape index (κ2) is 8.90. The summed E-state index contributed by atoms with van der Waals surface area (Å²) in [5.41, 5.74) is 0.889. The molecule has 27 heavy (non-hydrogen) atoms. The van der Waals surface area contributed by atoms with Crippen LogP contribution >= 0.6 is 11.6 Å². The first-order valence-corrected chi connectivity index (χ1v) is 9.26. The van der Waals surface area contributed by atoms with E-state index in [1.807, 2.05) is 12.1 Å². The van der Waals surface area contributed by atoms with E-state index < -0.39 is 0 Å². The molecule has 1 N–H and O–H groups in total.